The molecule has 1 aromatic rings. The monoisotopic (exact) mass is 287 g/mol. The maximum atomic E-state index is 11.8. The van der Waals surface area contributed by atoms with Gasteiger partial charge in [0.15, 0.2) is 0 Å². The van der Waals surface area contributed by atoms with Crippen molar-refractivity contribution in [1.82, 2.24) is 10.6 Å². The smallest absolute Gasteiger partial charge is 0.319 e. The van der Waals surface area contributed by atoms with Crippen LogP contribution in [0.3, 0.4) is 0 Å². The Morgan fingerprint density at radius 2 is 1.76 bits per heavy atom. The van der Waals surface area contributed by atoms with Crippen LogP contribution in [-0.4, -0.2) is 24.0 Å². The topological polar surface area (TPSA) is 70.2 Å². The first-order valence-corrected chi connectivity index (χ1v) is 7.60. The zero-order chi connectivity index (χ0) is 14.8. The van der Waals surface area contributed by atoms with Crippen molar-refractivity contribution in [3.05, 3.63) is 29.8 Å². The first-order valence-electron chi connectivity index (χ1n) is 7.60. The lowest BCUT2D eigenvalue weighted by molar-refractivity contribution is 0.0951. The van der Waals surface area contributed by atoms with Crippen LogP contribution in [0.1, 0.15) is 43.0 Å². The second-order valence-electron chi connectivity index (χ2n) is 6.05. The first kappa shape index (κ1) is 13.9. The van der Waals surface area contributed by atoms with Crippen molar-refractivity contribution in [2.24, 2.45) is 5.92 Å². The predicted molar refractivity (Wildman–Crippen MR) is 81.3 cm³/mol. The number of anilines is 1. The zero-order valence-electron chi connectivity index (χ0n) is 12.2. The van der Waals surface area contributed by atoms with Crippen LogP contribution in [0.4, 0.5) is 10.5 Å². The molecule has 2 aliphatic carbocycles. The maximum Gasteiger partial charge on any atom is 0.319 e. The molecule has 112 valence electrons. The molecule has 5 nitrogen and oxygen atoms in total. The number of carbonyl (C=O) groups is 2. The fraction of sp³-hybridized carbons (Fsp3) is 0.500. The van der Waals surface area contributed by atoms with E-state index in [0.717, 1.165) is 12.8 Å². The quantitative estimate of drug-likeness (QED) is 0.778. The van der Waals surface area contributed by atoms with Crippen LogP contribution in [0.25, 0.3) is 0 Å². The Bertz CT molecular complexity index is 533. The van der Waals surface area contributed by atoms with E-state index in [2.05, 4.69) is 16.0 Å². The summed E-state index contributed by atoms with van der Waals surface area (Å²) in [4.78, 5) is 23.7. The molecule has 3 amide bonds. The van der Waals surface area contributed by atoms with Gasteiger partial charge in [0.05, 0.1) is 0 Å². The molecule has 0 saturated heterocycles. The summed E-state index contributed by atoms with van der Waals surface area (Å²) in [5.41, 5.74) is 1.32. The zero-order valence-corrected chi connectivity index (χ0v) is 12.2. The highest BCUT2D eigenvalue weighted by molar-refractivity contribution is 5.95. The predicted octanol–water partition coefficient (Wildman–Crippen LogP) is 2.50. The van der Waals surface area contributed by atoms with Crippen LogP contribution in [0, 0.1) is 5.92 Å². The molecule has 5 heteroatoms. The highest BCUT2D eigenvalue weighted by Gasteiger charge is 2.28. The van der Waals surface area contributed by atoms with Gasteiger partial charge in [0.1, 0.15) is 0 Å². The van der Waals surface area contributed by atoms with Gasteiger partial charge < -0.3 is 16.0 Å². The lowest BCUT2D eigenvalue weighted by Crippen LogP contribution is -2.37. The van der Waals surface area contributed by atoms with Gasteiger partial charge in [-0.25, -0.2) is 4.79 Å². The average molecular weight is 287 g/mol. The molecule has 0 spiro atoms. The summed E-state index contributed by atoms with van der Waals surface area (Å²) in [5, 5.41) is 8.66. The summed E-state index contributed by atoms with van der Waals surface area (Å²) >= 11 is 0. The lowest BCUT2D eigenvalue weighted by Gasteiger charge is -2.13. The fourth-order valence-corrected chi connectivity index (χ4v) is 2.29. The number of hydrogen-bond acceptors (Lipinski definition) is 2. The SMILES string of the molecule is CC(NC(=O)Nc1ccc(C(=O)NC2CC2)cc1)C1CC1. The van der Waals surface area contributed by atoms with Gasteiger partial charge in [-0.05, 0) is 62.8 Å². The van der Waals surface area contributed by atoms with E-state index < -0.39 is 0 Å². The number of amides is 3. The van der Waals surface area contributed by atoms with Crippen molar-refractivity contribution in [2.45, 2.75) is 44.7 Å². The van der Waals surface area contributed by atoms with Gasteiger partial charge in [-0.3, -0.25) is 4.79 Å². The average Bonchev–Trinajstić information content (AvgIpc) is 3.33. The van der Waals surface area contributed by atoms with E-state index in [1.54, 1.807) is 24.3 Å². The number of benzene rings is 1. The Morgan fingerprint density at radius 1 is 1.10 bits per heavy atom. The minimum absolute atomic E-state index is 0.0455. The second kappa shape index (κ2) is 5.76. The molecule has 0 aliphatic heterocycles. The molecule has 2 fully saturated rings. The standard InChI is InChI=1S/C16H21N3O2/c1-10(11-2-3-11)17-16(21)19-14-6-4-12(5-7-14)15(20)18-13-8-9-13/h4-7,10-11,13H,2-3,8-9H2,1H3,(H,18,20)(H2,17,19,21). The number of carbonyl (C=O) groups excluding carboxylic acids is 2. The number of urea groups is 1. The van der Waals surface area contributed by atoms with Crippen LogP contribution in [-0.2, 0) is 0 Å². The van der Waals surface area contributed by atoms with Gasteiger partial charge in [-0.15, -0.1) is 0 Å². The summed E-state index contributed by atoms with van der Waals surface area (Å²) in [7, 11) is 0. The molecular formula is C16H21N3O2. The normalized spacial score (nSPS) is 18.7. The van der Waals surface area contributed by atoms with Crippen LogP contribution < -0.4 is 16.0 Å². The minimum Gasteiger partial charge on any atom is -0.349 e. The van der Waals surface area contributed by atoms with Gasteiger partial charge in [-0.2, -0.15) is 0 Å². The molecule has 3 rings (SSSR count). The van der Waals surface area contributed by atoms with E-state index in [1.807, 2.05) is 6.92 Å². The van der Waals surface area contributed by atoms with E-state index in [0.29, 0.717) is 23.2 Å². The van der Waals surface area contributed by atoms with Crippen molar-refractivity contribution < 1.29 is 9.59 Å². The molecule has 0 heterocycles. The second-order valence-corrected chi connectivity index (χ2v) is 6.05. The number of rotatable bonds is 5. The molecule has 2 aliphatic rings. The summed E-state index contributed by atoms with van der Waals surface area (Å²) in [6, 6.07) is 7.35. The Hall–Kier alpha value is -2.04. The molecular weight excluding hydrogens is 266 g/mol. The van der Waals surface area contributed by atoms with Crippen LogP contribution in [0.5, 0.6) is 0 Å². The van der Waals surface area contributed by atoms with E-state index in [9.17, 15) is 9.59 Å². The van der Waals surface area contributed by atoms with Crippen molar-refractivity contribution in [2.75, 3.05) is 5.32 Å². The molecule has 21 heavy (non-hydrogen) atoms. The molecule has 1 unspecified atom stereocenters. The molecule has 0 aromatic heterocycles. The molecule has 0 radical (unpaired) electrons. The van der Waals surface area contributed by atoms with Crippen molar-refractivity contribution in [3.8, 4) is 0 Å². The summed E-state index contributed by atoms with van der Waals surface area (Å²) in [6.45, 7) is 2.03. The Balaban J connectivity index is 1.50. The Kier molecular flexibility index (Phi) is 3.82. The van der Waals surface area contributed by atoms with E-state index in [-0.39, 0.29) is 18.0 Å². The summed E-state index contributed by atoms with van der Waals surface area (Å²) < 4.78 is 0. The van der Waals surface area contributed by atoms with Crippen molar-refractivity contribution in [1.29, 1.82) is 0 Å². The minimum atomic E-state index is -0.190. The van der Waals surface area contributed by atoms with E-state index >= 15 is 0 Å². The van der Waals surface area contributed by atoms with E-state index in [1.165, 1.54) is 12.8 Å². The van der Waals surface area contributed by atoms with Crippen LogP contribution in [0.15, 0.2) is 24.3 Å². The molecule has 1 aromatic carbocycles. The van der Waals surface area contributed by atoms with Gasteiger partial charge in [-0.1, -0.05) is 0 Å². The van der Waals surface area contributed by atoms with Gasteiger partial charge in [0, 0.05) is 23.3 Å². The number of hydrogen-bond donors (Lipinski definition) is 3. The largest absolute Gasteiger partial charge is 0.349 e. The maximum absolute atomic E-state index is 11.8. The third-order valence-corrected chi connectivity index (χ3v) is 4.01. The fourth-order valence-electron chi connectivity index (χ4n) is 2.29. The molecule has 0 bridgehead atoms. The first-order chi connectivity index (χ1) is 10.1. The van der Waals surface area contributed by atoms with Gasteiger partial charge in [0.2, 0.25) is 0 Å². The lowest BCUT2D eigenvalue weighted by atomic mass is 10.2. The summed E-state index contributed by atoms with van der Waals surface area (Å²) in [6.07, 6.45) is 4.55. The third-order valence-electron chi connectivity index (χ3n) is 4.01. The highest BCUT2D eigenvalue weighted by Crippen LogP contribution is 2.32. The van der Waals surface area contributed by atoms with Crippen molar-refractivity contribution >= 4 is 17.6 Å². The molecule has 1 atom stereocenters. The number of nitrogens with one attached hydrogen (secondary N) is 3. The van der Waals surface area contributed by atoms with Gasteiger partial charge in [0.25, 0.3) is 5.91 Å². The van der Waals surface area contributed by atoms with E-state index in [4.69, 9.17) is 0 Å². The highest BCUT2D eigenvalue weighted by atomic mass is 16.2. The Morgan fingerprint density at radius 3 is 2.33 bits per heavy atom. The summed E-state index contributed by atoms with van der Waals surface area (Å²) in [5.74, 6) is 0.583. The van der Waals surface area contributed by atoms with Crippen LogP contribution >= 0.6 is 0 Å². The van der Waals surface area contributed by atoms with Crippen LogP contribution in [0.2, 0.25) is 0 Å². The van der Waals surface area contributed by atoms with Gasteiger partial charge >= 0.3 is 6.03 Å². The molecule has 3 N–H and O–H groups in total. The van der Waals surface area contributed by atoms with Crippen molar-refractivity contribution in [3.63, 3.8) is 0 Å². The molecule has 2 saturated carbocycles. The Labute approximate surface area is 124 Å². The third kappa shape index (κ3) is 3.97.